The minimum absolute atomic E-state index is 0.0383. The number of rotatable bonds is 4. The first-order valence-corrected chi connectivity index (χ1v) is 6.39. The summed E-state index contributed by atoms with van der Waals surface area (Å²) in [4.78, 5) is 12.0. The fourth-order valence-electron chi connectivity index (χ4n) is 2.38. The average Bonchev–Trinajstić information content (AvgIpc) is 2.36. The van der Waals surface area contributed by atoms with Crippen molar-refractivity contribution in [2.75, 3.05) is 6.54 Å². The highest BCUT2D eigenvalue weighted by Crippen LogP contribution is 2.24. The van der Waals surface area contributed by atoms with Gasteiger partial charge in [-0.05, 0) is 30.5 Å². The Bertz CT molecular complexity index is 468. The predicted molar refractivity (Wildman–Crippen MR) is 66.1 cm³/mol. The molecule has 1 aliphatic rings. The summed E-state index contributed by atoms with van der Waals surface area (Å²) in [5.41, 5.74) is 2.67. The van der Waals surface area contributed by atoms with Gasteiger partial charge in [-0.15, -0.1) is 0 Å². The molecule has 0 fully saturated rings. The van der Waals surface area contributed by atoms with Crippen LogP contribution in [-0.2, 0) is 13.0 Å². The van der Waals surface area contributed by atoms with Gasteiger partial charge in [-0.3, -0.25) is 4.79 Å². The third kappa shape index (κ3) is 3.80. The molecule has 104 valence electrons. The van der Waals surface area contributed by atoms with E-state index in [1.807, 2.05) is 6.07 Å². The Hall–Kier alpha value is -1.36. The maximum absolute atomic E-state index is 12.1. The fraction of sp³-hybridized carbons (Fsp3) is 0.500. The van der Waals surface area contributed by atoms with E-state index in [1.54, 1.807) is 12.1 Å². The second-order valence-corrected chi connectivity index (χ2v) is 4.76. The van der Waals surface area contributed by atoms with Crippen molar-refractivity contribution >= 4 is 5.78 Å². The number of hydrogen-bond acceptors (Lipinski definition) is 2. The van der Waals surface area contributed by atoms with E-state index < -0.39 is 12.6 Å². The number of Topliss-reactive ketones (excluding diaryl/α,β-unsaturated/α-hetero) is 1. The molecule has 1 aromatic rings. The van der Waals surface area contributed by atoms with Gasteiger partial charge in [-0.25, -0.2) is 0 Å². The number of hydrogen-bond donors (Lipinski definition) is 1. The molecule has 0 aromatic heterocycles. The summed E-state index contributed by atoms with van der Waals surface area (Å²) in [6.45, 7) is 1.53. The van der Waals surface area contributed by atoms with E-state index in [9.17, 15) is 18.0 Å². The highest BCUT2D eigenvalue weighted by molar-refractivity contribution is 5.97. The number of alkyl halides is 3. The van der Waals surface area contributed by atoms with Crippen molar-refractivity contribution in [3.8, 4) is 0 Å². The quantitative estimate of drug-likeness (QED) is 0.852. The van der Waals surface area contributed by atoms with Gasteiger partial charge in [-0.1, -0.05) is 18.2 Å². The van der Waals surface area contributed by atoms with Gasteiger partial charge >= 0.3 is 6.18 Å². The van der Waals surface area contributed by atoms with Crippen LogP contribution in [0.25, 0.3) is 0 Å². The zero-order valence-electron chi connectivity index (χ0n) is 10.5. The Morgan fingerprint density at radius 1 is 1.32 bits per heavy atom. The van der Waals surface area contributed by atoms with Crippen molar-refractivity contribution in [3.63, 3.8) is 0 Å². The van der Waals surface area contributed by atoms with Crippen LogP contribution in [0.15, 0.2) is 18.2 Å². The molecule has 0 atom stereocenters. The monoisotopic (exact) mass is 271 g/mol. The summed E-state index contributed by atoms with van der Waals surface area (Å²) in [7, 11) is 0. The van der Waals surface area contributed by atoms with Gasteiger partial charge in [0.25, 0.3) is 0 Å². The van der Waals surface area contributed by atoms with Crippen LogP contribution in [0.3, 0.4) is 0 Å². The van der Waals surface area contributed by atoms with Gasteiger partial charge in [0.15, 0.2) is 5.78 Å². The van der Waals surface area contributed by atoms with Crippen LogP contribution in [0.4, 0.5) is 13.2 Å². The molecule has 1 N–H and O–H groups in total. The van der Waals surface area contributed by atoms with E-state index >= 15 is 0 Å². The Labute approximate surface area is 110 Å². The highest BCUT2D eigenvalue weighted by Gasteiger charge is 2.27. The summed E-state index contributed by atoms with van der Waals surface area (Å²) in [5.74, 6) is -0.178. The van der Waals surface area contributed by atoms with Crippen LogP contribution in [0.2, 0.25) is 0 Å². The van der Waals surface area contributed by atoms with Gasteiger partial charge in [0.1, 0.15) is 0 Å². The zero-order chi connectivity index (χ0) is 13.9. The molecule has 0 aliphatic carbocycles. The number of carbonyl (C=O) groups excluding carboxylic acids is 1. The van der Waals surface area contributed by atoms with Crippen LogP contribution in [0.5, 0.6) is 0 Å². The molecule has 0 saturated carbocycles. The lowest BCUT2D eigenvalue weighted by Crippen LogP contribution is -2.25. The average molecular weight is 271 g/mol. The minimum Gasteiger partial charge on any atom is -0.312 e. The number of ketones is 1. The maximum Gasteiger partial charge on any atom is 0.389 e. The summed E-state index contributed by atoms with van der Waals surface area (Å²) in [6, 6.07) is 5.47. The predicted octanol–water partition coefficient (Wildman–Crippen LogP) is 3.25. The number of benzene rings is 1. The molecule has 19 heavy (non-hydrogen) atoms. The SMILES string of the molecule is O=C(CCCC(F)(F)F)c1cccc2c1CCNC2. The topological polar surface area (TPSA) is 29.1 Å². The first kappa shape index (κ1) is 14.1. The van der Waals surface area contributed by atoms with Gasteiger partial charge in [0.2, 0.25) is 0 Å². The van der Waals surface area contributed by atoms with Crippen LogP contribution in [0.1, 0.15) is 40.7 Å². The van der Waals surface area contributed by atoms with Gasteiger partial charge < -0.3 is 5.32 Å². The first-order chi connectivity index (χ1) is 8.97. The molecule has 0 amide bonds. The second-order valence-electron chi connectivity index (χ2n) is 4.76. The van der Waals surface area contributed by atoms with E-state index in [4.69, 9.17) is 0 Å². The standard InChI is InChI=1S/C14H16F3NO/c15-14(16,17)7-2-5-13(19)12-4-1-3-10-9-18-8-6-11(10)12/h1,3-4,18H,2,5-9H2. The van der Waals surface area contributed by atoms with Crippen molar-refractivity contribution in [2.45, 2.75) is 38.4 Å². The Balaban J connectivity index is 2.03. The molecule has 2 nitrogen and oxygen atoms in total. The molecule has 1 heterocycles. The van der Waals surface area contributed by atoms with E-state index in [0.29, 0.717) is 5.56 Å². The lowest BCUT2D eigenvalue weighted by atomic mass is 9.92. The molecular weight excluding hydrogens is 255 g/mol. The van der Waals surface area contributed by atoms with Crippen molar-refractivity contribution in [3.05, 3.63) is 34.9 Å². The highest BCUT2D eigenvalue weighted by atomic mass is 19.4. The largest absolute Gasteiger partial charge is 0.389 e. The van der Waals surface area contributed by atoms with Crippen LogP contribution >= 0.6 is 0 Å². The lowest BCUT2D eigenvalue weighted by molar-refractivity contribution is -0.135. The molecular formula is C14H16F3NO. The molecule has 0 saturated heterocycles. The Morgan fingerprint density at radius 2 is 2.11 bits per heavy atom. The van der Waals surface area contributed by atoms with Gasteiger partial charge in [0.05, 0.1) is 0 Å². The Kier molecular flexibility index (Phi) is 4.24. The number of carbonyl (C=O) groups is 1. The van der Waals surface area contributed by atoms with Crippen LogP contribution < -0.4 is 5.32 Å². The third-order valence-corrected chi connectivity index (χ3v) is 3.30. The third-order valence-electron chi connectivity index (χ3n) is 3.30. The Morgan fingerprint density at radius 3 is 2.84 bits per heavy atom. The van der Waals surface area contributed by atoms with Crippen LogP contribution in [-0.4, -0.2) is 18.5 Å². The number of fused-ring (bicyclic) bond motifs is 1. The van der Waals surface area contributed by atoms with Crippen molar-refractivity contribution in [1.82, 2.24) is 5.32 Å². The zero-order valence-corrected chi connectivity index (χ0v) is 10.5. The lowest BCUT2D eigenvalue weighted by Gasteiger charge is -2.19. The molecule has 0 spiro atoms. The molecule has 0 unspecified atom stereocenters. The number of nitrogens with one attached hydrogen (secondary N) is 1. The van der Waals surface area contributed by atoms with Gasteiger partial charge in [-0.2, -0.15) is 13.2 Å². The summed E-state index contributed by atoms with van der Waals surface area (Å²) in [6.07, 6.45) is -4.49. The molecule has 0 bridgehead atoms. The minimum atomic E-state index is -4.18. The second kappa shape index (κ2) is 5.74. The molecule has 1 aliphatic heterocycles. The number of halogens is 3. The van der Waals surface area contributed by atoms with E-state index in [2.05, 4.69) is 5.32 Å². The molecule has 0 radical (unpaired) electrons. The summed E-state index contributed by atoms with van der Waals surface area (Å²) < 4.78 is 36.2. The summed E-state index contributed by atoms with van der Waals surface area (Å²) in [5, 5.41) is 3.21. The van der Waals surface area contributed by atoms with E-state index in [1.165, 1.54) is 0 Å². The molecule has 2 rings (SSSR count). The van der Waals surface area contributed by atoms with E-state index in [-0.39, 0.29) is 18.6 Å². The maximum atomic E-state index is 12.1. The fourth-order valence-corrected chi connectivity index (χ4v) is 2.38. The van der Waals surface area contributed by atoms with Gasteiger partial charge in [0, 0.05) is 24.9 Å². The first-order valence-electron chi connectivity index (χ1n) is 6.39. The normalized spacial score (nSPS) is 15.1. The van der Waals surface area contributed by atoms with Crippen molar-refractivity contribution in [1.29, 1.82) is 0 Å². The van der Waals surface area contributed by atoms with Crippen molar-refractivity contribution < 1.29 is 18.0 Å². The summed E-state index contributed by atoms with van der Waals surface area (Å²) >= 11 is 0. The van der Waals surface area contributed by atoms with Crippen molar-refractivity contribution in [2.24, 2.45) is 0 Å². The van der Waals surface area contributed by atoms with Crippen LogP contribution in [0, 0.1) is 0 Å². The van der Waals surface area contributed by atoms with E-state index in [0.717, 1.165) is 30.6 Å². The molecule has 1 aromatic carbocycles. The molecule has 5 heteroatoms. The smallest absolute Gasteiger partial charge is 0.312 e.